The third-order valence-electron chi connectivity index (χ3n) is 1.58. The first kappa shape index (κ1) is 8.05. The predicted molar refractivity (Wildman–Crippen MR) is 53.3 cm³/mol. The molecule has 0 spiro atoms. The Kier molecular flexibility index (Phi) is 2.72. The van der Waals surface area contributed by atoms with Crippen LogP contribution in [0.15, 0.2) is 18.2 Å². The summed E-state index contributed by atoms with van der Waals surface area (Å²) in [5.74, 6) is 0. The van der Waals surface area contributed by atoms with Crippen LogP contribution in [0.3, 0.4) is 0 Å². The van der Waals surface area contributed by atoms with Crippen LogP contribution in [0.2, 0.25) is 0 Å². The lowest BCUT2D eigenvalue weighted by molar-refractivity contribution is 1.12. The summed E-state index contributed by atoms with van der Waals surface area (Å²) < 4.78 is 1.38. The molecule has 0 aromatic heterocycles. The Morgan fingerprint density at radius 1 is 1.40 bits per heavy atom. The van der Waals surface area contributed by atoms with Gasteiger partial charge in [-0.2, -0.15) is 0 Å². The van der Waals surface area contributed by atoms with Gasteiger partial charge in [-0.25, -0.2) is 0 Å². The van der Waals surface area contributed by atoms with E-state index >= 15 is 0 Å². The molecule has 0 aliphatic rings. The molecule has 0 bridgehead atoms. The van der Waals surface area contributed by atoms with Crippen molar-refractivity contribution < 1.29 is 0 Å². The Hall–Kier alpha value is -0.0500. The lowest BCUT2D eigenvalue weighted by Gasteiger charge is -2.00. The number of aryl methyl sites for hydroxylation is 2. The van der Waals surface area contributed by atoms with E-state index in [1.54, 1.807) is 0 Å². The van der Waals surface area contributed by atoms with E-state index in [4.69, 9.17) is 0 Å². The Labute approximate surface area is 75.8 Å². The fourth-order valence-electron chi connectivity index (χ4n) is 0.974. The molecule has 0 nitrogen and oxygen atoms in total. The van der Waals surface area contributed by atoms with Crippen LogP contribution >= 0.6 is 22.6 Å². The quantitative estimate of drug-likeness (QED) is 0.667. The molecule has 10 heavy (non-hydrogen) atoms. The van der Waals surface area contributed by atoms with Crippen molar-refractivity contribution in [1.82, 2.24) is 0 Å². The van der Waals surface area contributed by atoms with Crippen LogP contribution < -0.4 is 0 Å². The van der Waals surface area contributed by atoms with Gasteiger partial charge in [-0.3, -0.25) is 0 Å². The van der Waals surface area contributed by atoms with Gasteiger partial charge < -0.3 is 0 Å². The molecule has 1 aromatic carbocycles. The van der Waals surface area contributed by atoms with Crippen molar-refractivity contribution >= 4 is 22.6 Å². The van der Waals surface area contributed by atoms with E-state index < -0.39 is 0 Å². The second kappa shape index (κ2) is 3.37. The van der Waals surface area contributed by atoms with Gasteiger partial charge in [0.15, 0.2) is 0 Å². The Balaban J connectivity index is 3.09. The van der Waals surface area contributed by atoms with Gasteiger partial charge in [0.05, 0.1) is 0 Å². The first-order valence-corrected chi connectivity index (χ1v) is 4.57. The van der Waals surface area contributed by atoms with Gasteiger partial charge in [0.25, 0.3) is 0 Å². The molecule has 0 fully saturated rings. The van der Waals surface area contributed by atoms with Crippen LogP contribution in [0.5, 0.6) is 0 Å². The normalized spacial score (nSPS) is 9.90. The zero-order chi connectivity index (χ0) is 7.56. The second-order valence-corrected chi connectivity index (χ2v) is 3.61. The summed E-state index contributed by atoms with van der Waals surface area (Å²) in [6.45, 7) is 4.33. The third kappa shape index (κ3) is 1.72. The molecule has 1 aromatic rings. The van der Waals surface area contributed by atoms with Crippen LogP contribution in [0.25, 0.3) is 0 Å². The summed E-state index contributed by atoms with van der Waals surface area (Å²) in [7, 11) is 0. The van der Waals surface area contributed by atoms with Gasteiger partial charge in [-0.05, 0) is 47.6 Å². The SMILES string of the molecule is CCc1cc(C)ccc1I. The molecule has 0 radical (unpaired) electrons. The minimum absolute atomic E-state index is 1.14. The maximum absolute atomic E-state index is 2.38. The van der Waals surface area contributed by atoms with Gasteiger partial charge >= 0.3 is 0 Å². The largest absolute Gasteiger partial charge is 0.0613 e. The van der Waals surface area contributed by atoms with Crippen LogP contribution in [0.4, 0.5) is 0 Å². The molecule has 0 amide bonds. The lowest BCUT2D eigenvalue weighted by atomic mass is 10.1. The highest BCUT2D eigenvalue weighted by Crippen LogP contribution is 2.13. The summed E-state index contributed by atoms with van der Waals surface area (Å²) in [6.07, 6.45) is 1.14. The van der Waals surface area contributed by atoms with Crippen molar-refractivity contribution in [3.63, 3.8) is 0 Å². The number of hydrogen-bond acceptors (Lipinski definition) is 0. The van der Waals surface area contributed by atoms with Crippen LogP contribution in [-0.2, 0) is 6.42 Å². The van der Waals surface area contributed by atoms with E-state index in [1.165, 1.54) is 14.7 Å². The summed E-state index contributed by atoms with van der Waals surface area (Å²) in [5.41, 5.74) is 2.82. The number of rotatable bonds is 1. The highest BCUT2D eigenvalue weighted by molar-refractivity contribution is 14.1. The van der Waals surface area contributed by atoms with Gasteiger partial charge in [-0.15, -0.1) is 0 Å². The Bertz CT molecular complexity index is 228. The molecule has 0 atom stereocenters. The monoisotopic (exact) mass is 246 g/mol. The molecule has 1 rings (SSSR count). The first-order chi connectivity index (χ1) is 4.74. The van der Waals surface area contributed by atoms with Crippen LogP contribution in [0.1, 0.15) is 18.1 Å². The fourth-order valence-corrected chi connectivity index (χ4v) is 1.69. The smallest absolute Gasteiger partial charge is 0.0162 e. The van der Waals surface area contributed by atoms with E-state index in [-0.39, 0.29) is 0 Å². The minimum atomic E-state index is 1.14. The average molecular weight is 246 g/mol. The predicted octanol–water partition coefficient (Wildman–Crippen LogP) is 3.16. The van der Waals surface area contributed by atoms with E-state index in [0.717, 1.165) is 6.42 Å². The van der Waals surface area contributed by atoms with E-state index in [0.29, 0.717) is 0 Å². The van der Waals surface area contributed by atoms with Crippen molar-refractivity contribution in [1.29, 1.82) is 0 Å². The van der Waals surface area contributed by atoms with Gasteiger partial charge in [0.2, 0.25) is 0 Å². The average Bonchev–Trinajstić information content (AvgIpc) is 1.94. The maximum Gasteiger partial charge on any atom is 0.0162 e. The van der Waals surface area contributed by atoms with Gasteiger partial charge in [0.1, 0.15) is 0 Å². The third-order valence-corrected chi connectivity index (χ3v) is 2.63. The van der Waals surface area contributed by atoms with Crippen molar-refractivity contribution in [3.8, 4) is 0 Å². The summed E-state index contributed by atoms with van der Waals surface area (Å²) in [5, 5.41) is 0. The number of halogens is 1. The van der Waals surface area contributed by atoms with Crippen molar-refractivity contribution in [3.05, 3.63) is 32.9 Å². The van der Waals surface area contributed by atoms with Crippen molar-refractivity contribution in [2.75, 3.05) is 0 Å². The highest BCUT2D eigenvalue weighted by Gasteiger charge is 1.94. The molecule has 54 valence electrons. The Morgan fingerprint density at radius 3 is 2.60 bits per heavy atom. The molecular formula is C9H11I. The van der Waals surface area contributed by atoms with Gasteiger partial charge in [-0.1, -0.05) is 24.6 Å². The van der Waals surface area contributed by atoms with Gasteiger partial charge in [0, 0.05) is 3.57 Å². The molecule has 0 unspecified atom stereocenters. The highest BCUT2D eigenvalue weighted by atomic mass is 127. The fraction of sp³-hybridized carbons (Fsp3) is 0.333. The standard InChI is InChI=1S/C9H11I/c1-3-8-6-7(2)4-5-9(8)10/h4-6H,3H2,1-2H3. The maximum atomic E-state index is 2.38. The van der Waals surface area contributed by atoms with E-state index in [1.807, 2.05) is 0 Å². The zero-order valence-electron chi connectivity index (χ0n) is 6.32. The number of hydrogen-bond donors (Lipinski definition) is 0. The molecule has 0 saturated heterocycles. The molecule has 0 saturated carbocycles. The van der Waals surface area contributed by atoms with Crippen molar-refractivity contribution in [2.45, 2.75) is 20.3 Å². The molecule has 0 aliphatic heterocycles. The minimum Gasteiger partial charge on any atom is -0.0613 e. The molecule has 0 heterocycles. The molecule has 1 heteroatoms. The topological polar surface area (TPSA) is 0 Å². The van der Waals surface area contributed by atoms with E-state index in [9.17, 15) is 0 Å². The zero-order valence-corrected chi connectivity index (χ0v) is 8.47. The van der Waals surface area contributed by atoms with Crippen LogP contribution in [0, 0.1) is 10.5 Å². The summed E-state index contributed by atoms with van der Waals surface area (Å²) >= 11 is 2.38. The summed E-state index contributed by atoms with van der Waals surface area (Å²) in [4.78, 5) is 0. The lowest BCUT2D eigenvalue weighted by Crippen LogP contribution is -1.85. The summed E-state index contributed by atoms with van der Waals surface area (Å²) in [6, 6.07) is 6.58. The molecule has 0 N–H and O–H groups in total. The first-order valence-electron chi connectivity index (χ1n) is 3.49. The van der Waals surface area contributed by atoms with E-state index in [2.05, 4.69) is 54.6 Å². The molecular weight excluding hydrogens is 235 g/mol. The van der Waals surface area contributed by atoms with Crippen molar-refractivity contribution in [2.24, 2.45) is 0 Å². The molecule has 0 aliphatic carbocycles. The Morgan fingerprint density at radius 2 is 2.10 bits per heavy atom. The second-order valence-electron chi connectivity index (χ2n) is 2.45. The number of benzene rings is 1. The van der Waals surface area contributed by atoms with Crippen LogP contribution in [-0.4, -0.2) is 0 Å².